The van der Waals surface area contributed by atoms with Crippen molar-refractivity contribution in [3.63, 3.8) is 0 Å². The van der Waals surface area contributed by atoms with Crippen LogP contribution in [0.25, 0.3) is 0 Å². The zero-order valence-corrected chi connectivity index (χ0v) is 8.14. The van der Waals surface area contributed by atoms with E-state index in [0.29, 0.717) is 12.3 Å². The third kappa shape index (κ3) is 1.77. The van der Waals surface area contributed by atoms with Crippen molar-refractivity contribution < 1.29 is 9.53 Å². The van der Waals surface area contributed by atoms with Crippen molar-refractivity contribution in [2.75, 3.05) is 0 Å². The summed E-state index contributed by atoms with van der Waals surface area (Å²) < 4.78 is 5.07. The van der Waals surface area contributed by atoms with Crippen LogP contribution in [0.3, 0.4) is 0 Å². The van der Waals surface area contributed by atoms with E-state index in [-0.39, 0.29) is 5.97 Å². The minimum atomic E-state index is -0.0573. The summed E-state index contributed by atoms with van der Waals surface area (Å²) in [5.74, 6) is 1.47. The van der Waals surface area contributed by atoms with Crippen LogP contribution in [0.15, 0.2) is 11.3 Å². The van der Waals surface area contributed by atoms with Crippen LogP contribution in [0.2, 0.25) is 0 Å². The van der Waals surface area contributed by atoms with Crippen molar-refractivity contribution in [2.24, 2.45) is 5.92 Å². The average Bonchev–Trinajstić information content (AvgIpc) is 2.47. The Labute approximate surface area is 79.0 Å². The molecule has 0 atom stereocenters. The van der Waals surface area contributed by atoms with Crippen LogP contribution in [0.4, 0.5) is 0 Å². The summed E-state index contributed by atoms with van der Waals surface area (Å²) in [4.78, 5) is 11.0. The molecule has 0 bridgehead atoms. The number of esters is 1. The van der Waals surface area contributed by atoms with Crippen LogP contribution in [-0.2, 0) is 9.53 Å². The van der Waals surface area contributed by atoms with E-state index in [2.05, 4.69) is 0 Å². The molecule has 1 heterocycles. The van der Waals surface area contributed by atoms with Gasteiger partial charge < -0.3 is 4.74 Å². The second kappa shape index (κ2) is 3.52. The lowest BCUT2D eigenvalue weighted by Crippen LogP contribution is -2.09. The Hall–Kier alpha value is -0.790. The first kappa shape index (κ1) is 8.79. The van der Waals surface area contributed by atoms with Gasteiger partial charge in [0.2, 0.25) is 0 Å². The number of ether oxygens (including phenoxy) is 1. The Bertz CT molecular complexity index is 247. The van der Waals surface area contributed by atoms with E-state index in [4.69, 9.17) is 4.74 Å². The topological polar surface area (TPSA) is 26.3 Å². The SMILES string of the molecule is CC1=C(C2CCCCC2)CC(=O)O1. The fraction of sp³-hybridized carbons (Fsp3) is 0.727. The summed E-state index contributed by atoms with van der Waals surface area (Å²) in [7, 11) is 0. The predicted molar refractivity (Wildman–Crippen MR) is 50.0 cm³/mol. The van der Waals surface area contributed by atoms with Gasteiger partial charge in [-0.05, 0) is 31.3 Å². The normalized spacial score (nSPS) is 25.2. The summed E-state index contributed by atoms with van der Waals surface area (Å²) in [6.07, 6.45) is 7.05. The van der Waals surface area contributed by atoms with E-state index >= 15 is 0 Å². The first-order valence-electron chi connectivity index (χ1n) is 5.17. The molecule has 0 aromatic carbocycles. The monoisotopic (exact) mass is 180 g/mol. The van der Waals surface area contributed by atoms with Crippen molar-refractivity contribution in [2.45, 2.75) is 45.4 Å². The van der Waals surface area contributed by atoms with Crippen LogP contribution in [0.5, 0.6) is 0 Å². The van der Waals surface area contributed by atoms with Crippen LogP contribution in [0.1, 0.15) is 45.4 Å². The molecule has 1 fully saturated rings. The van der Waals surface area contributed by atoms with E-state index in [1.54, 1.807) is 0 Å². The summed E-state index contributed by atoms with van der Waals surface area (Å²) in [5, 5.41) is 0. The summed E-state index contributed by atoms with van der Waals surface area (Å²) >= 11 is 0. The highest BCUT2D eigenvalue weighted by atomic mass is 16.5. The fourth-order valence-corrected chi connectivity index (χ4v) is 2.44. The molecular formula is C11H16O2. The molecule has 13 heavy (non-hydrogen) atoms. The Balaban J connectivity index is 2.06. The maximum Gasteiger partial charge on any atom is 0.315 e. The van der Waals surface area contributed by atoms with Gasteiger partial charge in [-0.3, -0.25) is 4.79 Å². The van der Waals surface area contributed by atoms with Crippen molar-refractivity contribution in [1.29, 1.82) is 0 Å². The van der Waals surface area contributed by atoms with E-state index in [9.17, 15) is 4.79 Å². The van der Waals surface area contributed by atoms with Crippen molar-refractivity contribution in [3.05, 3.63) is 11.3 Å². The quantitative estimate of drug-likeness (QED) is 0.580. The average molecular weight is 180 g/mol. The van der Waals surface area contributed by atoms with Crippen molar-refractivity contribution in [1.82, 2.24) is 0 Å². The Morgan fingerprint density at radius 2 is 1.92 bits per heavy atom. The second-order valence-electron chi connectivity index (χ2n) is 4.07. The van der Waals surface area contributed by atoms with E-state index in [0.717, 1.165) is 5.76 Å². The molecule has 0 aromatic rings. The van der Waals surface area contributed by atoms with Crippen molar-refractivity contribution >= 4 is 5.97 Å². The molecule has 2 heteroatoms. The molecule has 0 unspecified atom stereocenters. The standard InChI is InChI=1S/C11H16O2/c1-8-10(7-11(12)13-8)9-5-3-2-4-6-9/h9H,2-7H2,1H3. The second-order valence-corrected chi connectivity index (χ2v) is 4.07. The van der Waals surface area contributed by atoms with Gasteiger partial charge in [-0.2, -0.15) is 0 Å². The molecule has 2 aliphatic rings. The fourth-order valence-electron chi connectivity index (χ4n) is 2.44. The van der Waals surface area contributed by atoms with Gasteiger partial charge in [-0.15, -0.1) is 0 Å². The lowest BCUT2D eigenvalue weighted by molar-refractivity contribution is -0.136. The van der Waals surface area contributed by atoms with E-state index < -0.39 is 0 Å². The molecule has 1 aliphatic carbocycles. The highest BCUT2D eigenvalue weighted by Gasteiger charge is 2.27. The number of hydrogen-bond acceptors (Lipinski definition) is 2. The first-order chi connectivity index (χ1) is 6.27. The molecule has 1 saturated carbocycles. The number of allylic oxidation sites excluding steroid dienone is 1. The largest absolute Gasteiger partial charge is 0.431 e. The minimum Gasteiger partial charge on any atom is -0.431 e. The molecule has 1 aliphatic heterocycles. The van der Waals surface area contributed by atoms with Gasteiger partial charge in [0, 0.05) is 0 Å². The first-order valence-corrected chi connectivity index (χ1v) is 5.17. The van der Waals surface area contributed by atoms with Gasteiger partial charge in [-0.25, -0.2) is 0 Å². The Kier molecular flexibility index (Phi) is 2.38. The number of rotatable bonds is 1. The molecule has 0 saturated heterocycles. The number of hydrogen-bond donors (Lipinski definition) is 0. The number of cyclic esters (lactones) is 1. The Morgan fingerprint density at radius 1 is 1.23 bits per heavy atom. The molecule has 2 rings (SSSR count). The zero-order chi connectivity index (χ0) is 9.26. The Morgan fingerprint density at radius 3 is 2.46 bits per heavy atom. The molecule has 0 spiro atoms. The van der Waals surface area contributed by atoms with Crippen LogP contribution < -0.4 is 0 Å². The molecule has 72 valence electrons. The van der Waals surface area contributed by atoms with Crippen LogP contribution >= 0.6 is 0 Å². The predicted octanol–water partition coefficient (Wildman–Crippen LogP) is 2.79. The minimum absolute atomic E-state index is 0.0573. The lowest BCUT2D eigenvalue weighted by atomic mass is 9.82. The lowest BCUT2D eigenvalue weighted by Gasteiger charge is -2.22. The zero-order valence-electron chi connectivity index (χ0n) is 8.14. The molecular weight excluding hydrogens is 164 g/mol. The van der Waals surface area contributed by atoms with Gasteiger partial charge in [0.25, 0.3) is 0 Å². The highest BCUT2D eigenvalue weighted by Crippen LogP contribution is 2.36. The van der Waals surface area contributed by atoms with Crippen LogP contribution in [-0.4, -0.2) is 5.97 Å². The maximum absolute atomic E-state index is 11.0. The van der Waals surface area contributed by atoms with Crippen molar-refractivity contribution in [3.8, 4) is 0 Å². The molecule has 0 radical (unpaired) electrons. The van der Waals surface area contributed by atoms with Gasteiger partial charge >= 0.3 is 5.97 Å². The van der Waals surface area contributed by atoms with Gasteiger partial charge in [0.1, 0.15) is 5.76 Å². The third-order valence-corrected chi connectivity index (χ3v) is 3.15. The van der Waals surface area contributed by atoms with E-state index in [1.165, 1.54) is 37.7 Å². The smallest absolute Gasteiger partial charge is 0.315 e. The van der Waals surface area contributed by atoms with E-state index in [1.807, 2.05) is 6.92 Å². The number of carbonyl (C=O) groups is 1. The molecule has 0 N–H and O–H groups in total. The molecule has 0 amide bonds. The van der Waals surface area contributed by atoms with Gasteiger partial charge in [0.15, 0.2) is 0 Å². The highest BCUT2D eigenvalue weighted by molar-refractivity contribution is 5.77. The summed E-state index contributed by atoms with van der Waals surface area (Å²) in [6.45, 7) is 1.93. The maximum atomic E-state index is 11.0. The summed E-state index contributed by atoms with van der Waals surface area (Å²) in [5.41, 5.74) is 1.28. The van der Waals surface area contributed by atoms with Gasteiger partial charge in [0.05, 0.1) is 6.42 Å². The molecule has 0 aromatic heterocycles. The third-order valence-electron chi connectivity index (χ3n) is 3.15. The molecule has 2 nitrogen and oxygen atoms in total. The summed E-state index contributed by atoms with van der Waals surface area (Å²) in [6, 6.07) is 0. The van der Waals surface area contributed by atoms with Gasteiger partial charge in [-0.1, -0.05) is 19.3 Å². The van der Waals surface area contributed by atoms with Crippen LogP contribution in [0, 0.1) is 5.92 Å². The number of carbonyl (C=O) groups excluding carboxylic acids is 1.